The highest BCUT2D eigenvalue weighted by molar-refractivity contribution is 8.14. The molecule has 0 bridgehead atoms. The summed E-state index contributed by atoms with van der Waals surface area (Å²) in [6, 6.07) is 14.9. The number of hydrogen-bond donors (Lipinski definition) is 2. The third-order valence-electron chi connectivity index (χ3n) is 4.00. The first kappa shape index (κ1) is 20.2. The molecule has 2 aromatic rings. The highest BCUT2D eigenvalue weighted by atomic mass is 32.2. The molecule has 9 heteroatoms. The van der Waals surface area contributed by atoms with Crippen LogP contribution in [0.1, 0.15) is 18.1 Å². The molecule has 0 aromatic heterocycles. The maximum absolute atomic E-state index is 12.3. The molecule has 1 aliphatic heterocycles. The van der Waals surface area contributed by atoms with Gasteiger partial charge in [0.2, 0.25) is 15.9 Å². The van der Waals surface area contributed by atoms with Crippen molar-refractivity contribution in [3.05, 3.63) is 65.7 Å². The van der Waals surface area contributed by atoms with Crippen molar-refractivity contribution in [2.45, 2.75) is 24.8 Å². The van der Waals surface area contributed by atoms with Crippen molar-refractivity contribution in [2.24, 2.45) is 10.2 Å². The minimum Gasteiger partial charge on any atom is -0.302 e. The molecule has 0 spiro atoms. The number of thioether (sulfide) groups is 1. The van der Waals surface area contributed by atoms with E-state index < -0.39 is 22.0 Å². The van der Waals surface area contributed by atoms with Gasteiger partial charge in [-0.2, -0.15) is 9.82 Å². The van der Waals surface area contributed by atoms with Crippen LogP contribution in [0.15, 0.2) is 69.7 Å². The second kappa shape index (κ2) is 8.68. The standard InChI is InChI=1S/C19H20N4O3S2/c1-13-8-10-15(11-9-13)17-12-27-19(22-21-17)20-18(24)14(2)23-28(25,26)16-6-4-3-5-7-16/h3-11,14,23H,12H2,1-2H3,(H,20,22,24)/t14-/m1/s1. The van der Waals surface area contributed by atoms with Crippen LogP contribution in [0.4, 0.5) is 0 Å². The van der Waals surface area contributed by atoms with Gasteiger partial charge >= 0.3 is 0 Å². The molecule has 2 N–H and O–H groups in total. The molecule has 0 saturated carbocycles. The minimum atomic E-state index is -3.78. The average Bonchev–Trinajstić information content (AvgIpc) is 2.69. The smallest absolute Gasteiger partial charge is 0.243 e. The highest BCUT2D eigenvalue weighted by Gasteiger charge is 2.23. The molecule has 3 rings (SSSR count). The van der Waals surface area contributed by atoms with Gasteiger partial charge in [-0.05, 0) is 31.5 Å². The lowest BCUT2D eigenvalue weighted by Gasteiger charge is -2.16. The Morgan fingerprint density at radius 1 is 1.07 bits per heavy atom. The number of nitrogens with one attached hydrogen (secondary N) is 2. The lowest BCUT2D eigenvalue weighted by molar-refractivity contribution is -0.120. The van der Waals surface area contributed by atoms with Crippen LogP contribution < -0.4 is 10.0 Å². The maximum atomic E-state index is 12.3. The zero-order valence-electron chi connectivity index (χ0n) is 15.4. The van der Waals surface area contributed by atoms with E-state index in [0.29, 0.717) is 10.9 Å². The van der Waals surface area contributed by atoms with Crippen molar-refractivity contribution in [2.75, 3.05) is 5.75 Å². The van der Waals surface area contributed by atoms with Gasteiger partial charge < -0.3 is 5.32 Å². The molecule has 1 heterocycles. The molecule has 0 fully saturated rings. The summed E-state index contributed by atoms with van der Waals surface area (Å²) in [7, 11) is -3.78. The fourth-order valence-corrected chi connectivity index (χ4v) is 4.41. The monoisotopic (exact) mass is 416 g/mol. The molecule has 7 nitrogen and oxygen atoms in total. The number of nitrogens with zero attached hydrogens (tertiary/aromatic N) is 2. The van der Waals surface area contributed by atoms with E-state index in [-0.39, 0.29) is 4.90 Å². The van der Waals surface area contributed by atoms with E-state index in [4.69, 9.17) is 0 Å². The highest BCUT2D eigenvalue weighted by Crippen LogP contribution is 2.15. The van der Waals surface area contributed by atoms with E-state index in [1.54, 1.807) is 18.2 Å². The maximum Gasteiger partial charge on any atom is 0.243 e. The Morgan fingerprint density at radius 3 is 2.36 bits per heavy atom. The van der Waals surface area contributed by atoms with Gasteiger partial charge in [0, 0.05) is 5.75 Å². The lowest BCUT2D eigenvalue weighted by atomic mass is 10.1. The van der Waals surface area contributed by atoms with E-state index in [2.05, 4.69) is 20.2 Å². The minimum absolute atomic E-state index is 0.103. The fraction of sp³-hybridized carbons (Fsp3) is 0.211. The van der Waals surface area contributed by atoms with Crippen LogP contribution in [0.25, 0.3) is 0 Å². The van der Waals surface area contributed by atoms with Crippen molar-refractivity contribution >= 4 is 38.6 Å². The molecule has 1 amide bonds. The molecule has 28 heavy (non-hydrogen) atoms. The summed E-state index contributed by atoms with van der Waals surface area (Å²) in [6.07, 6.45) is 0. The van der Waals surface area contributed by atoms with Crippen molar-refractivity contribution < 1.29 is 13.2 Å². The largest absolute Gasteiger partial charge is 0.302 e. The van der Waals surface area contributed by atoms with Crippen LogP contribution in [0, 0.1) is 6.92 Å². The van der Waals surface area contributed by atoms with Gasteiger partial charge in [0.25, 0.3) is 0 Å². The van der Waals surface area contributed by atoms with Gasteiger partial charge in [0.1, 0.15) is 0 Å². The zero-order valence-corrected chi connectivity index (χ0v) is 17.0. The predicted molar refractivity (Wildman–Crippen MR) is 112 cm³/mol. The Bertz CT molecular complexity index is 1020. The molecule has 1 aliphatic rings. The zero-order chi connectivity index (χ0) is 20.1. The Balaban J connectivity index is 1.62. The number of amides is 1. The molecule has 1 atom stereocenters. The second-order valence-corrected chi connectivity index (χ2v) is 8.93. The quantitative estimate of drug-likeness (QED) is 0.781. The van der Waals surface area contributed by atoms with E-state index in [1.807, 2.05) is 31.2 Å². The van der Waals surface area contributed by atoms with Crippen LogP contribution in [-0.4, -0.2) is 37.0 Å². The summed E-state index contributed by atoms with van der Waals surface area (Å²) < 4.78 is 27.0. The summed E-state index contributed by atoms with van der Waals surface area (Å²) in [5.74, 6) is 0.0616. The summed E-state index contributed by atoms with van der Waals surface area (Å²) in [5, 5.41) is 11.2. The third kappa shape index (κ3) is 5.06. The van der Waals surface area contributed by atoms with E-state index >= 15 is 0 Å². The summed E-state index contributed by atoms with van der Waals surface area (Å²) in [5.41, 5.74) is 2.97. The molecular formula is C19H20N4O3S2. The summed E-state index contributed by atoms with van der Waals surface area (Å²) in [4.78, 5) is 12.4. The van der Waals surface area contributed by atoms with Gasteiger partial charge in [-0.25, -0.2) is 8.42 Å². The van der Waals surface area contributed by atoms with Gasteiger partial charge in [-0.3, -0.25) is 4.79 Å². The lowest BCUT2D eigenvalue weighted by Crippen LogP contribution is -2.46. The number of aryl methyl sites for hydroxylation is 1. The van der Waals surface area contributed by atoms with Crippen molar-refractivity contribution in [1.82, 2.24) is 10.0 Å². The second-order valence-electron chi connectivity index (χ2n) is 6.25. The van der Waals surface area contributed by atoms with Crippen LogP contribution in [0.2, 0.25) is 0 Å². The summed E-state index contributed by atoms with van der Waals surface area (Å²) in [6.45, 7) is 3.49. The molecular weight excluding hydrogens is 396 g/mol. The number of sulfonamides is 1. The van der Waals surface area contributed by atoms with Crippen LogP contribution >= 0.6 is 11.8 Å². The molecule has 2 aromatic carbocycles. The first-order valence-electron chi connectivity index (χ1n) is 8.58. The Hall–Kier alpha value is -2.49. The van der Waals surface area contributed by atoms with Crippen molar-refractivity contribution in [3.63, 3.8) is 0 Å². The van der Waals surface area contributed by atoms with Gasteiger partial charge in [0.15, 0.2) is 5.17 Å². The number of hydrogen-bond acceptors (Lipinski definition) is 6. The first-order valence-corrected chi connectivity index (χ1v) is 11.0. The molecule has 146 valence electrons. The Labute approximate surface area is 168 Å². The number of carbonyl (C=O) groups excluding carboxylic acids is 1. The number of rotatable bonds is 5. The molecule has 0 radical (unpaired) electrons. The van der Waals surface area contributed by atoms with Crippen LogP contribution in [0.3, 0.4) is 0 Å². The van der Waals surface area contributed by atoms with Crippen LogP contribution in [0.5, 0.6) is 0 Å². The molecule has 0 saturated heterocycles. The normalized spacial score (nSPS) is 15.4. The van der Waals surface area contributed by atoms with Crippen molar-refractivity contribution in [3.8, 4) is 0 Å². The fourth-order valence-electron chi connectivity index (χ4n) is 2.42. The predicted octanol–water partition coefficient (Wildman–Crippen LogP) is 2.29. The van der Waals surface area contributed by atoms with Crippen molar-refractivity contribution in [1.29, 1.82) is 0 Å². The third-order valence-corrected chi connectivity index (χ3v) is 6.43. The number of carbonyl (C=O) groups is 1. The number of amidine groups is 1. The van der Waals surface area contributed by atoms with Gasteiger partial charge in [-0.15, -0.1) is 5.10 Å². The van der Waals surface area contributed by atoms with E-state index in [1.165, 1.54) is 30.8 Å². The summed E-state index contributed by atoms with van der Waals surface area (Å²) >= 11 is 1.34. The molecule has 0 unspecified atom stereocenters. The van der Waals surface area contributed by atoms with Gasteiger partial charge in [-0.1, -0.05) is 59.8 Å². The Morgan fingerprint density at radius 2 is 1.75 bits per heavy atom. The van der Waals surface area contributed by atoms with E-state index in [0.717, 1.165) is 16.8 Å². The Kier molecular flexibility index (Phi) is 6.28. The number of benzene rings is 2. The topological polar surface area (TPSA) is 100.0 Å². The molecule has 0 aliphatic carbocycles. The van der Waals surface area contributed by atoms with Crippen LogP contribution in [-0.2, 0) is 14.8 Å². The first-order chi connectivity index (χ1) is 13.3. The van der Waals surface area contributed by atoms with E-state index in [9.17, 15) is 13.2 Å². The van der Waals surface area contributed by atoms with Gasteiger partial charge in [0.05, 0.1) is 16.6 Å². The SMILES string of the molecule is Cc1ccc(C2=NN=C(NC(=O)[C@@H](C)NS(=O)(=O)c3ccccc3)SC2)cc1. The average molecular weight is 417 g/mol.